The van der Waals surface area contributed by atoms with E-state index in [1.54, 1.807) is 0 Å². The van der Waals surface area contributed by atoms with E-state index < -0.39 is 0 Å². The number of nitrogens with two attached hydrogens (primary N) is 1. The SMILES string of the molecule is CCc1nc(N)nc(Nc2ccccc2C)n1. The van der Waals surface area contributed by atoms with E-state index in [2.05, 4.69) is 20.3 Å². The Bertz CT molecular complexity index is 524. The van der Waals surface area contributed by atoms with Crippen molar-refractivity contribution in [1.29, 1.82) is 0 Å². The zero-order valence-electron chi connectivity index (χ0n) is 9.94. The third-order valence-corrected chi connectivity index (χ3v) is 2.41. The van der Waals surface area contributed by atoms with Gasteiger partial charge in [-0.25, -0.2) is 0 Å². The number of aryl methyl sites for hydroxylation is 2. The molecule has 0 saturated carbocycles. The molecular formula is C12H15N5. The van der Waals surface area contributed by atoms with E-state index in [0.29, 0.717) is 11.8 Å². The van der Waals surface area contributed by atoms with Crippen LogP contribution in [0.25, 0.3) is 0 Å². The van der Waals surface area contributed by atoms with Gasteiger partial charge in [0.2, 0.25) is 11.9 Å². The number of benzene rings is 1. The summed E-state index contributed by atoms with van der Waals surface area (Å²) in [6, 6.07) is 7.94. The second kappa shape index (κ2) is 4.78. The quantitative estimate of drug-likeness (QED) is 0.842. The summed E-state index contributed by atoms with van der Waals surface area (Å²) in [4.78, 5) is 12.4. The summed E-state index contributed by atoms with van der Waals surface area (Å²) in [5.74, 6) is 1.42. The Kier molecular flexibility index (Phi) is 3.18. The maximum atomic E-state index is 5.62. The minimum Gasteiger partial charge on any atom is -0.368 e. The zero-order valence-corrected chi connectivity index (χ0v) is 9.94. The third kappa shape index (κ3) is 2.69. The highest BCUT2D eigenvalue weighted by molar-refractivity contribution is 5.58. The van der Waals surface area contributed by atoms with Crippen molar-refractivity contribution in [1.82, 2.24) is 15.0 Å². The van der Waals surface area contributed by atoms with Gasteiger partial charge in [0.1, 0.15) is 5.82 Å². The lowest BCUT2D eigenvalue weighted by atomic mass is 10.2. The topological polar surface area (TPSA) is 76.7 Å². The first kappa shape index (κ1) is 11.3. The molecular weight excluding hydrogens is 214 g/mol. The van der Waals surface area contributed by atoms with Gasteiger partial charge in [0.15, 0.2) is 0 Å². The average Bonchev–Trinajstić information content (AvgIpc) is 2.31. The van der Waals surface area contributed by atoms with Crippen molar-refractivity contribution in [3.63, 3.8) is 0 Å². The van der Waals surface area contributed by atoms with Crippen LogP contribution in [-0.4, -0.2) is 15.0 Å². The normalized spacial score (nSPS) is 10.2. The summed E-state index contributed by atoms with van der Waals surface area (Å²) in [6.07, 6.45) is 0.731. The fourth-order valence-electron chi connectivity index (χ4n) is 1.49. The Morgan fingerprint density at radius 2 is 1.94 bits per heavy atom. The van der Waals surface area contributed by atoms with Gasteiger partial charge in [0, 0.05) is 12.1 Å². The Morgan fingerprint density at radius 3 is 2.65 bits per heavy atom. The molecule has 1 heterocycles. The highest BCUT2D eigenvalue weighted by Crippen LogP contribution is 2.17. The molecule has 1 aromatic carbocycles. The first-order valence-electron chi connectivity index (χ1n) is 5.52. The molecule has 5 heteroatoms. The van der Waals surface area contributed by atoms with Crippen LogP contribution in [-0.2, 0) is 6.42 Å². The molecule has 88 valence electrons. The number of aromatic nitrogens is 3. The summed E-state index contributed by atoms with van der Waals surface area (Å²) in [6.45, 7) is 4.00. The molecule has 0 unspecified atom stereocenters. The molecule has 0 bridgehead atoms. The highest BCUT2D eigenvalue weighted by atomic mass is 15.2. The van der Waals surface area contributed by atoms with Gasteiger partial charge in [-0.05, 0) is 18.6 Å². The maximum Gasteiger partial charge on any atom is 0.232 e. The van der Waals surface area contributed by atoms with Gasteiger partial charge < -0.3 is 11.1 Å². The van der Waals surface area contributed by atoms with Crippen LogP contribution in [0.5, 0.6) is 0 Å². The molecule has 5 nitrogen and oxygen atoms in total. The first-order chi connectivity index (χ1) is 8.19. The van der Waals surface area contributed by atoms with Crippen molar-refractivity contribution in [2.24, 2.45) is 0 Å². The van der Waals surface area contributed by atoms with Crippen LogP contribution in [0.3, 0.4) is 0 Å². The molecule has 3 N–H and O–H groups in total. The molecule has 0 spiro atoms. The molecule has 0 radical (unpaired) electrons. The number of nitrogens with zero attached hydrogens (tertiary/aromatic N) is 3. The lowest BCUT2D eigenvalue weighted by molar-refractivity contribution is 0.913. The number of hydrogen-bond acceptors (Lipinski definition) is 5. The Balaban J connectivity index is 2.30. The number of para-hydroxylation sites is 1. The van der Waals surface area contributed by atoms with Crippen molar-refractivity contribution < 1.29 is 0 Å². The van der Waals surface area contributed by atoms with Gasteiger partial charge in [-0.1, -0.05) is 25.1 Å². The Labute approximate surface area is 100 Å². The minimum atomic E-state index is 0.243. The Morgan fingerprint density at radius 1 is 1.18 bits per heavy atom. The molecule has 0 fully saturated rings. The minimum absolute atomic E-state index is 0.243. The van der Waals surface area contributed by atoms with Gasteiger partial charge in [-0.3, -0.25) is 0 Å². The van der Waals surface area contributed by atoms with Gasteiger partial charge in [0.25, 0.3) is 0 Å². The fourth-order valence-corrected chi connectivity index (χ4v) is 1.49. The molecule has 0 amide bonds. The highest BCUT2D eigenvalue weighted by Gasteiger charge is 2.04. The lowest BCUT2D eigenvalue weighted by Gasteiger charge is -2.08. The van der Waals surface area contributed by atoms with Crippen LogP contribution in [0.2, 0.25) is 0 Å². The van der Waals surface area contributed by atoms with Gasteiger partial charge in [0.05, 0.1) is 0 Å². The maximum absolute atomic E-state index is 5.62. The predicted molar refractivity (Wildman–Crippen MR) is 68.1 cm³/mol. The number of nitrogens with one attached hydrogen (secondary N) is 1. The molecule has 0 aliphatic carbocycles. The van der Waals surface area contributed by atoms with E-state index in [1.807, 2.05) is 38.1 Å². The van der Waals surface area contributed by atoms with Crippen molar-refractivity contribution in [2.75, 3.05) is 11.1 Å². The van der Waals surface area contributed by atoms with Crippen LogP contribution >= 0.6 is 0 Å². The van der Waals surface area contributed by atoms with E-state index in [-0.39, 0.29) is 5.95 Å². The zero-order chi connectivity index (χ0) is 12.3. The van der Waals surface area contributed by atoms with E-state index in [4.69, 9.17) is 5.73 Å². The summed E-state index contributed by atoms with van der Waals surface area (Å²) in [5, 5.41) is 3.15. The van der Waals surface area contributed by atoms with Crippen LogP contribution in [0.4, 0.5) is 17.6 Å². The molecule has 0 aliphatic rings. The summed E-state index contributed by atoms with van der Waals surface area (Å²) < 4.78 is 0. The number of nitrogen functional groups attached to an aromatic ring is 1. The molecule has 2 rings (SSSR count). The molecule has 0 saturated heterocycles. The monoisotopic (exact) mass is 229 g/mol. The van der Waals surface area contributed by atoms with Crippen LogP contribution in [0.15, 0.2) is 24.3 Å². The number of anilines is 3. The van der Waals surface area contributed by atoms with E-state index in [9.17, 15) is 0 Å². The number of hydrogen-bond donors (Lipinski definition) is 2. The van der Waals surface area contributed by atoms with Crippen LogP contribution < -0.4 is 11.1 Å². The summed E-state index contributed by atoms with van der Waals surface area (Å²) >= 11 is 0. The first-order valence-corrected chi connectivity index (χ1v) is 5.52. The van der Waals surface area contributed by atoms with E-state index >= 15 is 0 Å². The van der Waals surface area contributed by atoms with Crippen LogP contribution in [0, 0.1) is 6.92 Å². The average molecular weight is 229 g/mol. The van der Waals surface area contributed by atoms with Gasteiger partial charge >= 0.3 is 0 Å². The molecule has 17 heavy (non-hydrogen) atoms. The second-order valence-electron chi connectivity index (χ2n) is 3.73. The van der Waals surface area contributed by atoms with E-state index in [1.165, 1.54) is 0 Å². The van der Waals surface area contributed by atoms with Gasteiger partial charge in [-0.15, -0.1) is 0 Å². The van der Waals surface area contributed by atoms with Crippen molar-refractivity contribution in [3.05, 3.63) is 35.7 Å². The second-order valence-corrected chi connectivity index (χ2v) is 3.73. The molecule has 2 aromatic rings. The van der Waals surface area contributed by atoms with Crippen LogP contribution in [0.1, 0.15) is 18.3 Å². The van der Waals surface area contributed by atoms with Crippen molar-refractivity contribution in [2.45, 2.75) is 20.3 Å². The predicted octanol–water partition coefficient (Wildman–Crippen LogP) is 2.07. The smallest absolute Gasteiger partial charge is 0.232 e. The van der Waals surface area contributed by atoms with Crippen molar-refractivity contribution >= 4 is 17.6 Å². The summed E-state index contributed by atoms with van der Waals surface area (Å²) in [5.41, 5.74) is 7.73. The largest absolute Gasteiger partial charge is 0.368 e. The molecule has 1 aromatic heterocycles. The van der Waals surface area contributed by atoms with E-state index in [0.717, 1.165) is 17.7 Å². The number of rotatable bonds is 3. The van der Waals surface area contributed by atoms with Gasteiger partial charge in [-0.2, -0.15) is 15.0 Å². The third-order valence-electron chi connectivity index (χ3n) is 2.41. The standard InChI is InChI=1S/C12H15N5/c1-3-10-15-11(13)17-12(16-10)14-9-7-5-4-6-8(9)2/h4-7H,3H2,1-2H3,(H3,13,14,15,16,17). The molecule has 0 atom stereocenters. The Hall–Kier alpha value is -2.17. The van der Waals surface area contributed by atoms with Crippen molar-refractivity contribution in [3.8, 4) is 0 Å². The molecule has 0 aliphatic heterocycles. The summed E-state index contributed by atoms with van der Waals surface area (Å²) in [7, 11) is 0. The fraction of sp³-hybridized carbons (Fsp3) is 0.250. The lowest BCUT2D eigenvalue weighted by Crippen LogP contribution is -2.06.